The number of benzene rings is 2. The number of primary amides is 1. The Bertz CT molecular complexity index is 851. The highest BCUT2D eigenvalue weighted by Gasteiger charge is 2.29. The van der Waals surface area contributed by atoms with Gasteiger partial charge < -0.3 is 21.7 Å². The second-order valence-electron chi connectivity index (χ2n) is 7.55. The average Bonchev–Trinajstić information content (AvgIpc) is 3.29. The highest BCUT2D eigenvalue weighted by molar-refractivity contribution is 5.93. The zero-order valence-electron chi connectivity index (χ0n) is 16.8. The molecule has 158 valence electrons. The lowest BCUT2D eigenvalue weighted by atomic mass is 10.0. The van der Waals surface area contributed by atoms with Crippen LogP contribution >= 0.6 is 0 Å². The zero-order chi connectivity index (χ0) is 21.3. The Labute approximate surface area is 176 Å². The van der Waals surface area contributed by atoms with Crippen LogP contribution in [0.5, 0.6) is 0 Å². The van der Waals surface area contributed by atoms with Crippen molar-refractivity contribution in [1.82, 2.24) is 16.0 Å². The largest absolute Gasteiger partial charge is 0.368 e. The smallest absolute Gasteiger partial charge is 0.243 e. The number of rotatable bonds is 9. The number of carbonyl (C=O) groups excluding carboxylic acids is 3. The molecule has 0 unspecified atom stereocenters. The van der Waals surface area contributed by atoms with E-state index in [0.717, 1.165) is 30.5 Å². The topological polar surface area (TPSA) is 113 Å². The molecule has 0 radical (unpaired) electrons. The maximum Gasteiger partial charge on any atom is 0.243 e. The summed E-state index contributed by atoms with van der Waals surface area (Å²) in [6.45, 7) is 0.786. The molecule has 0 aliphatic carbocycles. The van der Waals surface area contributed by atoms with Crippen LogP contribution in [0.15, 0.2) is 60.7 Å². The molecule has 0 aromatic heterocycles. The van der Waals surface area contributed by atoms with Gasteiger partial charge in [0.05, 0.1) is 6.04 Å². The predicted octanol–water partition coefficient (Wildman–Crippen LogP) is 0.679. The molecule has 3 amide bonds. The van der Waals surface area contributed by atoms with Crippen molar-refractivity contribution < 1.29 is 14.4 Å². The molecule has 1 heterocycles. The zero-order valence-corrected chi connectivity index (χ0v) is 16.8. The quantitative estimate of drug-likeness (QED) is 0.489. The van der Waals surface area contributed by atoms with Gasteiger partial charge in [0.15, 0.2) is 0 Å². The van der Waals surface area contributed by atoms with E-state index in [1.165, 1.54) is 0 Å². The molecule has 3 rings (SSSR count). The second kappa shape index (κ2) is 10.5. The molecule has 0 saturated carbocycles. The van der Waals surface area contributed by atoms with Gasteiger partial charge in [-0.15, -0.1) is 0 Å². The Balaban J connectivity index is 1.71. The van der Waals surface area contributed by atoms with Gasteiger partial charge in [0.1, 0.15) is 12.1 Å². The predicted molar refractivity (Wildman–Crippen MR) is 114 cm³/mol. The van der Waals surface area contributed by atoms with Crippen LogP contribution in [0.2, 0.25) is 0 Å². The Kier molecular flexibility index (Phi) is 7.57. The summed E-state index contributed by atoms with van der Waals surface area (Å²) in [6, 6.07) is 16.8. The maximum atomic E-state index is 13.0. The lowest BCUT2D eigenvalue weighted by molar-refractivity contribution is -0.131. The Morgan fingerprint density at radius 2 is 1.47 bits per heavy atom. The molecule has 2 aromatic rings. The summed E-state index contributed by atoms with van der Waals surface area (Å²) in [7, 11) is 0. The molecule has 30 heavy (non-hydrogen) atoms. The number of hydrogen-bond acceptors (Lipinski definition) is 4. The molecule has 0 bridgehead atoms. The second-order valence-corrected chi connectivity index (χ2v) is 7.55. The van der Waals surface area contributed by atoms with Crippen LogP contribution in [-0.2, 0) is 27.2 Å². The lowest BCUT2D eigenvalue weighted by Gasteiger charge is -2.23. The highest BCUT2D eigenvalue weighted by atomic mass is 16.2. The Morgan fingerprint density at radius 1 is 0.900 bits per heavy atom. The van der Waals surface area contributed by atoms with Gasteiger partial charge in [-0.25, -0.2) is 0 Å². The van der Waals surface area contributed by atoms with Crippen molar-refractivity contribution in [1.29, 1.82) is 0 Å². The van der Waals surface area contributed by atoms with Crippen LogP contribution < -0.4 is 21.7 Å². The SMILES string of the molecule is NC(=O)[C@H](Cc1ccccc1)NC(=O)[C@H](Cc1ccccc1)NC(=O)[C@@H]1CCCN1. The minimum atomic E-state index is -0.861. The molecule has 1 aliphatic heterocycles. The van der Waals surface area contributed by atoms with E-state index in [-0.39, 0.29) is 18.4 Å². The third-order valence-corrected chi connectivity index (χ3v) is 5.24. The van der Waals surface area contributed by atoms with Gasteiger partial charge in [-0.3, -0.25) is 14.4 Å². The Hall–Kier alpha value is -3.19. The van der Waals surface area contributed by atoms with Crippen LogP contribution in [0, 0.1) is 0 Å². The first-order valence-electron chi connectivity index (χ1n) is 10.2. The van der Waals surface area contributed by atoms with Gasteiger partial charge in [0, 0.05) is 12.8 Å². The van der Waals surface area contributed by atoms with E-state index in [1.807, 2.05) is 60.7 Å². The van der Waals surface area contributed by atoms with Crippen molar-refractivity contribution in [2.24, 2.45) is 5.73 Å². The number of nitrogens with two attached hydrogens (primary N) is 1. The van der Waals surface area contributed by atoms with E-state index in [2.05, 4.69) is 16.0 Å². The van der Waals surface area contributed by atoms with Gasteiger partial charge in [-0.2, -0.15) is 0 Å². The summed E-state index contributed by atoms with van der Waals surface area (Å²) in [6.07, 6.45) is 2.28. The maximum absolute atomic E-state index is 13.0. The molecule has 7 heteroatoms. The molecule has 3 atom stereocenters. The number of hydrogen-bond donors (Lipinski definition) is 4. The van der Waals surface area contributed by atoms with Gasteiger partial charge in [0.2, 0.25) is 17.7 Å². The van der Waals surface area contributed by atoms with Crippen LogP contribution in [0.4, 0.5) is 0 Å². The molecule has 0 spiro atoms. The fraction of sp³-hybridized carbons (Fsp3) is 0.348. The minimum Gasteiger partial charge on any atom is -0.368 e. The first-order chi connectivity index (χ1) is 14.5. The molecule has 7 nitrogen and oxygen atoms in total. The van der Waals surface area contributed by atoms with Crippen molar-refractivity contribution >= 4 is 17.7 Å². The van der Waals surface area contributed by atoms with Gasteiger partial charge in [-0.05, 0) is 30.5 Å². The first-order valence-corrected chi connectivity index (χ1v) is 10.2. The monoisotopic (exact) mass is 408 g/mol. The van der Waals surface area contributed by atoms with Crippen molar-refractivity contribution in [2.45, 2.75) is 43.8 Å². The fourth-order valence-electron chi connectivity index (χ4n) is 3.58. The third kappa shape index (κ3) is 6.15. The van der Waals surface area contributed by atoms with Gasteiger partial charge in [-0.1, -0.05) is 60.7 Å². The van der Waals surface area contributed by atoms with Crippen molar-refractivity contribution in [3.05, 3.63) is 71.8 Å². The van der Waals surface area contributed by atoms with Crippen LogP contribution in [-0.4, -0.2) is 42.4 Å². The van der Waals surface area contributed by atoms with Crippen LogP contribution in [0.1, 0.15) is 24.0 Å². The minimum absolute atomic E-state index is 0.206. The van der Waals surface area contributed by atoms with Crippen molar-refractivity contribution in [2.75, 3.05) is 6.54 Å². The standard InChI is InChI=1S/C23H28N4O3/c24-21(28)19(14-16-8-3-1-4-9-16)26-23(30)20(15-17-10-5-2-6-11-17)27-22(29)18-12-7-13-25-18/h1-6,8-11,18-20,25H,7,12-15H2,(H2,24,28)(H,26,30)(H,27,29)/t18-,19-,20-/m0/s1. The molecule has 1 saturated heterocycles. The van der Waals surface area contributed by atoms with Gasteiger partial charge >= 0.3 is 0 Å². The normalized spacial score (nSPS) is 17.7. The summed E-state index contributed by atoms with van der Waals surface area (Å²) >= 11 is 0. The summed E-state index contributed by atoms with van der Waals surface area (Å²) in [5.41, 5.74) is 7.34. The van der Waals surface area contributed by atoms with E-state index in [1.54, 1.807) is 0 Å². The van der Waals surface area contributed by atoms with Crippen molar-refractivity contribution in [3.63, 3.8) is 0 Å². The van der Waals surface area contributed by atoms with Crippen LogP contribution in [0.3, 0.4) is 0 Å². The summed E-state index contributed by atoms with van der Waals surface area (Å²) in [5.74, 6) is -1.25. The number of amides is 3. The number of nitrogens with one attached hydrogen (secondary N) is 3. The molecule has 1 fully saturated rings. The first kappa shape index (κ1) is 21.5. The molecule has 5 N–H and O–H groups in total. The fourth-order valence-corrected chi connectivity index (χ4v) is 3.58. The Morgan fingerprint density at radius 3 is 1.97 bits per heavy atom. The van der Waals surface area contributed by atoms with Crippen LogP contribution in [0.25, 0.3) is 0 Å². The lowest BCUT2D eigenvalue weighted by Crippen LogP contribution is -2.56. The van der Waals surface area contributed by atoms with Crippen molar-refractivity contribution in [3.8, 4) is 0 Å². The third-order valence-electron chi connectivity index (χ3n) is 5.24. The van der Waals surface area contributed by atoms with E-state index < -0.39 is 23.9 Å². The molecule has 2 aromatic carbocycles. The molecule has 1 aliphatic rings. The summed E-state index contributed by atoms with van der Waals surface area (Å²) in [4.78, 5) is 37.6. The van der Waals surface area contributed by atoms with E-state index in [4.69, 9.17) is 5.73 Å². The molecular weight excluding hydrogens is 380 g/mol. The van der Waals surface area contributed by atoms with Gasteiger partial charge in [0.25, 0.3) is 0 Å². The summed E-state index contributed by atoms with van der Waals surface area (Å²) in [5, 5.41) is 8.72. The summed E-state index contributed by atoms with van der Waals surface area (Å²) < 4.78 is 0. The average molecular weight is 409 g/mol. The van der Waals surface area contributed by atoms with E-state index >= 15 is 0 Å². The highest BCUT2D eigenvalue weighted by Crippen LogP contribution is 2.09. The number of carbonyl (C=O) groups is 3. The van der Waals surface area contributed by atoms with E-state index in [9.17, 15) is 14.4 Å². The van der Waals surface area contributed by atoms with E-state index in [0.29, 0.717) is 6.42 Å². The molecular formula is C23H28N4O3.